The monoisotopic (exact) mass is 278 g/mol. The van der Waals surface area contributed by atoms with E-state index >= 15 is 0 Å². The summed E-state index contributed by atoms with van der Waals surface area (Å²) in [6, 6.07) is -3.78. The Morgan fingerprint density at radius 3 is 2.22 bits per heavy atom. The van der Waals surface area contributed by atoms with Crippen molar-refractivity contribution in [2.24, 2.45) is 5.92 Å². The molecule has 3 atom stereocenters. The van der Waals surface area contributed by atoms with Gasteiger partial charge in [-0.3, -0.25) is 4.79 Å². The molecule has 106 valence electrons. The zero-order valence-electron chi connectivity index (χ0n) is 9.32. The van der Waals surface area contributed by atoms with Gasteiger partial charge in [0.05, 0.1) is 6.04 Å². The van der Waals surface area contributed by atoms with E-state index in [1.165, 1.54) is 12.2 Å². The van der Waals surface area contributed by atoms with Gasteiger partial charge in [-0.2, -0.15) is 26.3 Å². The van der Waals surface area contributed by atoms with E-state index in [1.54, 1.807) is 0 Å². The van der Waals surface area contributed by atoms with Crippen molar-refractivity contribution in [2.75, 3.05) is 6.54 Å². The number of halogens is 6. The molecule has 0 aromatic carbocycles. The quantitative estimate of drug-likeness (QED) is 0.715. The van der Waals surface area contributed by atoms with Crippen molar-refractivity contribution < 1.29 is 31.1 Å². The van der Waals surface area contributed by atoms with Crippen LogP contribution in [0.5, 0.6) is 0 Å². The summed E-state index contributed by atoms with van der Waals surface area (Å²) in [7, 11) is 0. The van der Waals surface area contributed by atoms with Crippen LogP contribution in [0.1, 0.15) is 13.3 Å². The Balaban J connectivity index is 2.83. The van der Waals surface area contributed by atoms with E-state index in [-0.39, 0.29) is 13.0 Å². The van der Waals surface area contributed by atoms with Crippen LogP contribution in [0.2, 0.25) is 0 Å². The fourth-order valence-corrected chi connectivity index (χ4v) is 1.88. The molecule has 0 bridgehead atoms. The number of carbonyl (C=O) groups excluding carboxylic acids is 1. The first-order valence-corrected chi connectivity index (χ1v) is 5.21. The summed E-state index contributed by atoms with van der Waals surface area (Å²) < 4.78 is 74.0. The van der Waals surface area contributed by atoms with Gasteiger partial charge in [0.25, 0.3) is 0 Å². The number of carbonyl (C=O) groups is 1. The highest BCUT2D eigenvalue weighted by Crippen LogP contribution is 2.30. The average Bonchev–Trinajstić information content (AvgIpc) is 2.17. The van der Waals surface area contributed by atoms with E-state index < -0.39 is 36.3 Å². The molecule has 1 aliphatic heterocycles. The minimum atomic E-state index is -5.19. The predicted octanol–water partition coefficient (Wildman–Crippen LogP) is 1.59. The smallest absolute Gasteiger partial charge is 0.343 e. The molecule has 2 N–H and O–H groups in total. The lowest BCUT2D eigenvalue weighted by atomic mass is 9.88. The molecule has 0 aromatic rings. The number of piperidine rings is 1. The summed E-state index contributed by atoms with van der Waals surface area (Å²) in [4.78, 5) is 10.7. The molecule has 0 unspecified atom stereocenters. The van der Waals surface area contributed by atoms with Crippen LogP contribution in [0.4, 0.5) is 26.3 Å². The summed E-state index contributed by atoms with van der Waals surface area (Å²) in [5.41, 5.74) is 0. The third-order valence-electron chi connectivity index (χ3n) is 2.84. The van der Waals surface area contributed by atoms with Gasteiger partial charge in [-0.1, -0.05) is 6.92 Å². The van der Waals surface area contributed by atoms with Gasteiger partial charge >= 0.3 is 18.3 Å². The number of rotatable bonds is 1. The molecule has 0 radical (unpaired) electrons. The molecule has 0 aromatic heterocycles. The molecule has 0 aliphatic carbocycles. The molecule has 1 heterocycles. The summed E-state index contributed by atoms with van der Waals surface area (Å²) >= 11 is 0. The fourth-order valence-electron chi connectivity index (χ4n) is 1.88. The number of hydrogen-bond donors (Lipinski definition) is 2. The standard InChI is InChI=1S/C9H12F6N2O/c1-4-2-3-16-6(8(10,11)12)5(4)17-7(18)9(13,14)15/h4-6,16H,2-3H2,1H3,(H,17,18)/t4-,5-,6+/m0/s1. The molecule has 1 saturated heterocycles. The zero-order valence-corrected chi connectivity index (χ0v) is 9.32. The first-order valence-electron chi connectivity index (χ1n) is 5.21. The van der Waals surface area contributed by atoms with E-state index in [2.05, 4.69) is 5.32 Å². The van der Waals surface area contributed by atoms with Gasteiger partial charge in [-0.15, -0.1) is 0 Å². The Hall–Kier alpha value is -0.990. The van der Waals surface area contributed by atoms with Gasteiger partial charge < -0.3 is 10.6 Å². The molecular formula is C9H12F6N2O. The van der Waals surface area contributed by atoms with Gasteiger partial charge in [0.2, 0.25) is 0 Å². The van der Waals surface area contributed by atoms with Gasteiger partial charge in [0.1, 0.15) is 6.04 Å². The minimum Gasteiger partial charge on any atom is -0.343 e. The number of amides is 1. The molecule has 1 amide bonds. The second kappa shape index (κ2) is 4.94. The Morgan fingerprint density at radius 2 is 1.78 bits per heavy atom. The van der Waals surface area contributed by atoms with Crippen molar-refractivity contribution in [3.63, 3.8) is 0 Å². The van der Waals surface area contributed by atoms with Crippen molar-refractivity contribution in [1.29, 1.82) is 0 Å². The van der Waals surface area contributed by atoms with E-state index in [0.717, 1.165) is 0 Å². The highest BCUT2D eigenvalue weighted by molar-refractivity contribution is 5.82. The average molecular weight is 278 g/mol. The molecule has 3 nitrogen and oxygen atoms in total. The maximum Gasteiger partial charge on any atom is 0.471 e. The largest absolute Gasteiger partial charge is 0.471 e. The second-order valence-electron chi connectivity index (χ2n) is 4.24. The SMILES string of the molecule is C[C@H]1CCN[C@@H](C(F)(F)F)[C@H]1NC(=O)C(F)(F)F. The van der Waals surface area contributed by atoms with Crippen LogP contribution in [0.25, 0.3) is 0 Å². The maximum absolute atomic E-state index is 12.6. The zero-order chi connectivity index (χ0) is 14.1. The Labute approximate surface area is 98.9 Å². The number of hydrogen-bond acceptors (Lipinski definition) is 2. The minimum absolute atomic E-state index is 0.0454. The summed E-state index contributed by atoms with van der Waals surface area (Å²) in [5, 5.41) is 3.51. The Bertz CT molecular complexity index is 313. The summed E-state index contributed by atoms with van der Waals surface area (Å²) in [5.74, 6) is -3.04. The first kappa shape index (κ1) is 15.1. The molecule has 9 heteroatoms. The molecule has 0 spiro atoms. The first-order chi connectivity index (χ1) is 8.03. The lowest BCUT2D eigenvalue weighted by Crippen LogP contribution is -2.64. The predicted molar refractivity (Wildman–Crippen MR) is 49.6 cm³/mol. The van der Waals surface area contributed by atoms with Gasteiger partial charge in [0, 0.05) is 0 Å². The molecular weight excluding hydrogens is 266 g/mol. The Kier molecular flexibility index (Phi) is 4.14. The second-order valence-corrected chi connectivity index (χ2v) is 4.24. The summed E-state index contributed by atoms with van der Waals surface area (Å²) in [6.07, 6.45) is -9.64. The molecule has 1 fully saturated rings. The van der Waals surface area contributed by atoms with E-state index in [9.17, 15) is 31.1 Å². The van der Waals surface area contributed by atoms with Crippen molar-refractivity contribution in [3.05, 3.63) is 0 Å². The van der Waals surface area contributed by atoms with Gasteiger partial charge in [-0.25, -0.2) is 0 Å². The van der Waals surface area contributed by atoms with Crippen LogP contribution in [-0.4, -0.2) is 36.9 Å². The van der Waals surface area contributed by atoms with E-state index in [0.29, 0.717) is 0 Å². The van der Waals surface area contributed by atoms with E-state index in [1.807, 2.05) is 0 Å². The molecule has 18 heavy (non-hydrogen) atoms. The van der Waals surface area contributed by atoms with E-state index in [4.69, 9.17) is 0 Å². The highest BCUT2D eigenvalue weighted by Gasteiger charge is 2.50. The fraction of sp³-hybridized carbons (Fsp3) is 0.889. The van der Waals surface area contributed by atoms with Crippen LogP contribution in [0.3, 0.4) is 0 Å². The van der Waals surface area contributed by atoms with Crippen molar-refractivity contribution in [2.45, 2.75) is 37.8 Å². The third kappa shape index (κ3) is 3.50. The van der Waals surface area contributed by atoms with Gasteiger partial charge in [0.15, 0.2) is 0 Å². The van der Waals surface area contributed by atoms with Crippen LogP contribution >= 0.6 is 0 Å². The summed E-state index contributed by atoms with van der Waals surface area (Å²) in [6.45, 7) is 1.42. The van der Waals surface area contributed by atoms with Crippen molar-refractivity contribution in [3.8, 4) is 0 Å². The molecule has 1 rings (SSSR count). The highest BCUT2D eigenvalue weighted by atomic mass is 19.4. The van der Waals surface area contributed by atoms with Gasteiger partial charge in [-0.05, 0) is 18.9 Å². The van der Waals surface area contributed by atoms with Crippen LogP contribution in [0, 0.1) is 5.92 Å². The maximum atomic E-state index is 12.6. The normalized spacial score (nSPS) is 30.1. The van der Waals surface area contributed by atoms with Crippen LogP contribution < -0.4 is 10.6 Å². The topological polar surface area (TPSA) is 41.1 Å². The number of alkyl halides is 6. The van der Waals surface area contributed by atoms with Crippen molar-refractivity contribution >= 4 is 5.91 Å². The van der Waals surface area contributed by atoms with Crippen molar-refractivity contribution in [1.82, 2.24) is 10.6 Å². The number of nitrogens with one attached hydrogen (secondary N) is 2. The lowest BCUT2D eigenvalue weighted by Gasteiger charge is -2.38. The van der Waals surface area contributed by atoms with Crippen LogP contribution in [-0.2, 0) is 4.79 Å². The molecule has 0 saturated carbocycles. The third-order valence-corrected chi connectivity index (χ3v) is 2.84. The molecule has 1 aliphatic rings. The van der Waals surface area contributed by atoms with Crippen LogP contribution in [0.15, 0.2) is 0 Å². The lowest BCUT2D eigenvalue weighted by molar-refractivity contribution is -0.184. The Morgan fingerprint density at radius 1 is 1.22 bits per heavy atom.